The lowest BCUT2D eigenvalue weighted by atomic mass is 9.52. The second kappa shape index (κ2) is 10.9. The third-order valence-corrected chi connectivity index (χ3v) is 10.7. The molecule has 7 rings (SSSR count). The molecular weight excluding hydrogens is 584 g/mol. The highest BCUT2D eigenvalue weighted by atomic mass is 16.2. The molecule has 1 atom stereocenters. The molecule has 3 saturated heterocycles. The SMILES string of the molecule is CC1(C)CC(C)(C)C1Nc1ccc(C(=O)N2CCN(C3CN(c4ccc5c(c4)C(=O)N(C4CCC(=O)NC4=O)C5=O)C3)CC2)cc1. The lowest BCUT2D eigenvalue weighted by Gasteiger charge is -2.58. The summed E-state index contributed by atoms with van der Waals surface area (Å²) in [5.41, 5.74) is 3.69. The number of carbonyl (C=O) groups is 5. The van der Waals surface area contributed by atoms with Crippen molar-refractivity contribution in [2.24, 2.45) is 10.8 Å². The van der Waals surface area contributed by atoms with E-state index in [4.69, 9.17) is 0 Å². The predicted molar refractivity (Wildman–Crippen MR) is 173 cm³/mol. The highest BCUT2D eigenvalue weighted by Crippen LogP contribution is 2.54. The molecule has 4 aliphatic heterocycles. The van der Waals surface area contributed by atoms with E-state index in [0.717, 1.165) is 42.5 Å². The molecule has 2 aromatic rings. The van der Waals surface area contributed by atoms with E-state index in [1.54, 1.807) is 12.1 Å². The van der Waals surface area contributed by atoms with Crippen molar-refractivity contribution in [3.8, 4) is 0 Å². The molecule has 2 N–H and O–H groups in total. The monoisotopic (exact) mass is 626 g/mol. The highest BCUT2D eigenvalue weighted by Gasteiger charge is 2.53. The van der Waals surface area contributed by atoms with Crippen LogP contribution in [0.3, 0.4) is 0 Å². The molecule has 11 heteroatoms. The number of rotatable bonds is 6. The standard InChI is InChI=1S/C35H42N6O5/c1-34(2)20-35(3,4)33(34)36-22-7-5-21(6-8-22)30(44)39-15-13-38(14-16-39)24-18-40(19-24)23-9-10-25-26(17-23)32(46)41(31(25)45)27-11-12-28(42)37-29(27)43/h5-10,17,24,27,33,36H,11-16,18-20H2,1-4H3,(H,37,42,43). The second-order valence-electron chi connectivity index (χ2n) is 14.9. The Morgan fingerprint density at radius 3 is 2.13 bits per heavy atom. The molecule has 5 aliphatic rings. The molecule has 1 saturated carbocycles. The second-order valence-corrected chi connectivity index (χ2v) is 14.9. The smallest absolute Gasteiger partial charge is 0.262 e. The van der Waals surface area contributed by atoms with E-state index >= 15 is 0 Å². The Morgan fingerprint density at radius 1 is 0.848 bits per heavy atom. The summed E-state index contributed by atoms with van der Waals surface area (Å²) in [5.74, 6) is -1.93. The van der Waals surface area contributed by atoms with E-state index in [0.29, 0.717) is 36.3 Å². The molecule has 2 aromatic carbocycles. The molecule has 1 aliphatic carbocycles. The molecule has 0 spiro atoms. The van der Waals surface area contributed by atoms with Crippen LogP contribution in [0.15, 0.2) is 42.5 Å². The maximum atomic E-state index is 13.3. The number of benzene rings is 2. The molecule has 4 fully saturated rings. The number of nitrogens with zero attached hydrogens (tertiary/aromatic N) is 4. The maximum absolute atomic E-state index is 13.3. The van der Waals surface area contributed by atoms with Gasteiger partial charge in [0.05, 0.1) is 11.1 Å². The number of hydrogen-bond donors (Lipinski definition) is 2. The lowest BCUT2D eigenvalue weighted by Crippen LogP contribution is -2.63. The summed E-state index contributed by atoms with van der Waals surface area (Å²) >= 11 is 0. The molecule has 4 heterocycles. The van der Waals surface area contributed by atoms with Crippen molar-refractivity contribution in [2.75, 3.05) is 49.5 Å². The minimum Gasteiger partial charge on any atom is -0.381 e. The van der Waals surface area contributed by atoms with E-state index < -0.39 is 29.7 Å². The van der Waals surface area contributed by atoms with Crippen molar-refractivity contribution in [3.05, 3.63) is 59.2 Å². The number of piperidine rings is 1. The van der Waals surface area contributed by atoms with Gasteiger partial charge in [-0.25, -0.2) is 0 Å². The van der Waals surface area contributed by atoms with E-state index in [1.807, 2.05) is 35.2 Å². The van der Waals surface area contributed by atoms with Crippen LogP contribution >= 0.6 is 0 Å². The molecule has 46 heavy (non-hydrogen) atoms. The molecule has 0 bridgehead atoms. The van der Waals surface area contributed by atoms with Crippen molar-refractivity contribution in [1.82, 2.24) is 20.0 Å². The van der Waals surface area contributed by atoms with Crippen LogP contribution in [-0.4, -0.2) is 102 Å². The van der Waals surface area contributed by atoms with Gasteiger partial charge in [-0.05, 0) is 66.1 Å². The number of anilines is 2. The zero-order valence-electron chi connectivity index (χ0n) is 27.0. The molecule has 1 unspecified atom stereocenters. The van der Waals surface area contributed by atoms with E-state index in [-0.39, 0.29) is 35.1 Å². The van der Waals surface area contributed by atoms with Crippen LogP contribution in [0.5, 0.6) is 0 Å². The number of carbonyl (C=O) groups excluding carboxylic acids is 5. The number of imide groups is 2. The Labute approximate surface area is 269 Å². The normalized spacial score (nSPS) is 24.8. The third-order valence-electron chi connectivity index (χ3n) is 10.7. The Morgan fingerprint density at radius 2 is 1.50 bits per heavy atom. The van der Waals surface area contributed by atoms with Crippen LogP contribution in [0.25, 0.3) is 0 Å². The molecule has 5 amide bonds. The summed E-state index contributed by atoms with van der Waals surface area (Å²) in [6.45, 7) is 13.7. The molecule has 11 nitrogen and oxygen atoms in total. The zero-order valence-corrected chi connectivity index (χ0v) is 27.0. The van der Waals surface area contributed by atoms with E-state index in [1.165, 1.54) is 6.42 Å². The van der Waals surface area contributed by atoms with Crippen LogP contribution in [-0.2, 0) is 9.59 Å². The Kier molecular flexibility index (Phi) is 7.23. The average Bonchev–Trinajstić information content (AvgIpc) is 3.23. The Hall–Kier alpha value is -4.25. The number of hydrogen-bond acceptors (Lipinski definition) is 8. The summed E-state index contributed by atoms with van der Waals surface area (Å²) < 4.78 is 0. The number of nitrogens with one attached hydrogen (secondary N) is 2. The van der Waals surface area contributed by atoms with E-state index in [9.17, 15) is 24.0 Å². The first-order valence-electron chi connectivity index (χ1n) is 16.3. The molecular formula is C35H42N6O5. The van der Waals surface area contributed by atoms with Gasteiger partial charge in [-0.15, -0.1) is 0 Å². The van der Waals surface area contributed by atoms with Crippen molar-refractivity contribution in [2.45, 2.75) is 65.1 Å². The number of amides is 5. The first-order valence-corrected chi connectivity index (χ1v) is 16.3. The third kappa shape index (κ3) is 5.14. The summed E-state index contributed by atoms with van der Waals surface area (Å²) in [6, 6.07) is 12.9. The first-order chi connectivity index (χ1) is 21.8. The largest absolute Gasteiger partial charge is 0.381 e. The van der Waals surface area contributed by atoms with Gasteiger partial charge in [0.2, 0.25) is 11.8 Å². The topological polar surface area (TPSA) is 122 Å². The zero-order chi connectivity index (χ0) is 32.5. The van der Waals surface area contributed by atoms with Crippen molar-refractivity contribution < 1.29 is 24.0 Å². The fraction of sp³-hybridized carbons (Fsp3) is 0.514. The molecule has 0 radical (unpaired) electrons. The van der Waals surface area contributed by atoms with Gasteiger partial charge in [0.1, 0.15) is 6.04 Å². The maximum Gasteiger partial charge on any atom is 0.262 e. The summed E-state index contributed by atoms with van der Waals surface area (Å²) in [6.07, 6.45) is 1.41. The van der Waals surface area contributed by atoms with Crippen molar-refractivity contribution in [1.29, 1.82) is 0 Å². The van der Waals surface area contributed by atoms with Crippen LogP contribution in [0.1, 0.15) is 78.0 Å². The van der Waals surface area contributed by atoms with Crippen LogP contribution < -0.4 is 15.5 Å². The quantitative estimate of drug-likeness (QED) is 0.470. The van der Waals surface area contributed by atoms with Crippen molar-refractivity contribution >= 4 is 40.9 Å². The highest BCUT2D eigenvalue weighted by molar-refractivity contribution is 6.23. The minimum absolute atomic E-state index is 0.0643. The van der Waals surface area contributed by atoms with Gasteiger partial charge in [-0.1, -0.05) is 27.7 Å². The van der Waals surface area contributed by atoms with Gasteiger partial charge in [0.25, 0.3) is 17.7 Å². The van der Waals surface area contributed by atoms with Crippen LogP contribution in [0.2, 0.25) is 0 Å². The van der Waals surface area contributed by atoms with E-state index in [2.05, 4.69) is 48.1 Å². The summed E-state index contributed by atoms with van der Waals surface area (Å²) in [7, 11) is 0. The predicted octanol–water partition coefficient (Wildman–Crippen LogP) is 2.97. The lowest BCUT2D eigenvalue weighted by molar-refractivity contribution is -0.136. The first kappa shape index (κ1) is 30.4. The van der Waals surface area contributed by atoms with Crippen molar-refractivity contribution in [3.63, 3.8) is 0 Å². The molecule has 242 valence electrons. The Balaban J connectivity index is 0.907. The molecule has 0 aromatic heterocycles. The number of piperazine rings is 1. The van der Waals surface area contributed by atoms with Gasteiger partial charge in [0, 0.05) is 74.7 Å². The van der Waals surface area contributed by atoms with Gasteiger partial charge < -0.3 is 15.1 Å². The van der Waals surface area contributed by atoms with Crippen LogP contribution in [0.4, 0.5) is 11.4 Å². The minimum atomic E-state index is -0.971. The van der Waals surface area contributed by atoms with Gasteiger partial charge in [-0.3, -0.25) is 39.1 Å². The Bertz CT molecular complexity index is 1610. The fourth-order valence-electron chi connectivity index (χ4n) is 8.60. The van der Waals surface area contributed by atoms with Gasteiger partial charge in [0.15, 0.2) is 0 Å². The summed E-state index contributed by atoms with van der Waals surface area (Å²) in [4.78, 5) is 71.0. The van der Waals surface area contributed by atoms with Gasteiger partial charge in [-0.2, -0.15) is 0 Å². The van der Waals surface area contributed by atoms with Gasteiger partial charge >= 0.3 is 0 Å². The van der Waals surface area contributed by atoms with Crippen LogP contribution in [0, 0.1) is 10.8 Å². The average molecular weight is 627 g/mol. The number of fused-ring (bicyclic) bond motifs is 1. The fourth-order valence-corrected chi connectivity index (χ4v) is 8.60. The summed E-state index contributed by atoms with van der Waals surface area (Å²) in [5, 5.41) is 5.92.